The molecule has 7 rings (SSSR count). The van der Waals surface area contributed by atoms with E-state index in [4.69, 9.17) is 9.47 Å². The first-order valence-corrected chi connectivity index (χ1v) is 17.5. The van der Waals surface area contributed by atoms with Crippen LogP contribution in [0, 0.1) is 5.92 Å². The van der Waals surface area contributed by atoms with Gasteiger partial charge in [0.15, 0.2) is 0 Å². The van der Waals surface area contributed by atoms with Gasteiger partial charge in [0.2, 0.25) is 5.91 Å². The van der Waals surface area contributed by atoms with E-state index in [9.17, 15) is 22.8 Å². The van der Waals surface area contributed by atoms with E-state index >= 15 is 0 Å². The topological polar surface area (TPSA) is 68.3 Å². The summed E-state index contributed by atoms with van der Waals surface area (Å²) in [6, 6.07) is 21.8. The van der Waals surface area contributed by atoms with Crippen molar-refractivity contribution in [1.82, 2.24) is 9.80 Å². The summed E-state index contributed by atoms with van der Waals surface area (Å²) in [6.45, 7) is 7.68. The highest BCUT2D eigenvalue weighted by molar-refractivity contribution is 5.92. The number of rotatable bonds is 10. The average Bonchev–Trinajstić information content (AvgIpc) is 3.40. The van der Waals surface area contributed by atoms with Crippen LogP contribution in [0.15, 0.2) is 78.9 Å². The summed E-state index contributed by atoms with van der Waals surface area (Å²) in [5, 5.41) is 0. The van der Waals surface area contributed by atoms with E-state index in [-0.39, 0.29) is 35.6 Å². The molecule has 2 aliphatic heterocycles. The molecule has 0 aromatic heterocycles. The summed E-state index contributed by atoms with van der Waals surface area (Å²) in [4.78, 5) is 31.6. The maximum atomic E-state index is 14.2. The van der Waals surface area contributed by atoms with Crippen LogP contribution >= 0.6 is 0 Å². The fourth-order valence-corrected chi connectivity index (χ4v) is 9.37. The smallest absolute Gasteiger partial charge is 0.487 e. The van der Waals surface area contributed by atoms with Crippen molar-refractivity contribution < 1.29 is 37.0 Å². The Morgan fingerprint density at radius 2 is 1.84 bits per heavy atom. The maximum absolute atomic E-state index is 14.2. The van der Waals surface area contributed by atoms with Gasteiger partial charge in [0.25, 0.3) is 0 Å². The van der Waals surface area contributed by atoms with E-state index < -0.39 is 23.5 Å². The standard InChI is InChI=1S/C40H43F3N2O5/c1-26(2)25-45(35(47)16-15-29-11-7-13-31(23-29)50-40(41,42)43)32-17-19-39(49-27(3)46)34-24-30-12-8-14-33-36(30)38(39,37(32)48-33)20-22-44(34)21-18-28-9-5-4-6-10-28/h4-16,23,26,32,34,37H,17-22,24-25H2,1-3H3/b16-15+/t32?,34-,37?,38+,39-/m1/s1. The number of likely N-dealkylation sites (tertiary alicyclic amines) is 1. The molecule has 1 amide bonds. The largest absolute Gasteiger partial charge is 0.573 e. The lowest BCUT2D eigenvalue weighted by molar-refractivity contribution is -0.274. The van der Waals surface area contributed by atoms with Gasteiger partial charge in [-0.2, -0.15) is 0 Å². The van der Waals surface area contributed by atoms with Gasteiger partial charge in [0.1, 0.15) is 23.2 Å². The van der Waals surface area contributed by atoms with Gasteiger partial charge in [0.05, 0.1) is 17.5 Å². The predicted octanol–water partition coefficient (Wildman–Crippen LogP) is 7.12. The molecule has 2 heterocycles. The van der Waals surface area contributed by atoms with Gasteiger partial charge < -0.3 is 19.1 Å². The van der Waals surface area contributed by atoms with Gasteiger partial charge in [-0.05, 0) is 85.5 Å². The van der Waals surface area contributed by atoms with E-state index in [2.05, 4.69) is 53.8 Å². The monoisotopic (exact) mass is 688 g/mol. The zero-order valence-corrected chi connectivity index (χ0v) is 28.6. The average molecular weight is 689 g/mol. The minimum absolute atomic E-state index is 0.0582. The maximum Gasteiger partial charge on any atom is 0.573 e. The second kappa shape index (κ2) is 13.1. The number of benzene rings is 3. The molecule has 10 heteroatoms. The third-order valence-corrected chi connectivity index (χ3v) is 11.0. The highest BCUT2D eigenvalue weighted by Gasteiger charge is 2.75. The Kier molecular flexibility index (Phi) is 8.95. The van der Waals surface area contributed by atoms with Crippen molar-refractivity contribution in [3.63, 3.8) is 0 Å². The number of esters is 1. The third kappa shape index (κ3) is 6.05. The van der Waals surface area contributed by atoms with E-state index in [1.54, 1.807) is 6.07 Å². The van der Waals surface area contributed by atoms with Crippen LogP contribution in [0.25, 0.3) is 6.08 Å². The van der Waals surface area contributed by atoms with Crippen LogP contribution in [0.1, 0.15) is 62.3 Å². The summed E-state index contributed by atoms with van der Waals surface area (Å²) < 4.78 is 56.2. The van der Waals surface area contributed by atoms with Gasteiger partial charge >= 0.3 is 12.3 Å². The van der Waals surface area contributed by atoms with Gasteiger partial charge in [-0.1, -0.05) is 68.4 Å². The number of hydrogen-bond acceptors (Lipinski definition) is 6. The Morgan fingerprint density at radius 1 is 1.06 bits per heavy atom. The molecule has 0 N–H and O–H groups in total. The van der Waals surface area contributed by atoms with Crippen LogP contribution < -0.4 is 9.47 Å². The molecular formula is C40H43F3N2O5. The van der Waals surface area contributed by atoms with Crippen LogP contribution in [0.2, 0.25) is 0 Å². The van der Waals surface area contributed by atoms with Gasteiger partial charge in [-0.3, -0.25) is 14.5 Å². The lowest BCUT2D eigenvalue weighted by Crippen LogP contribution is -2.79. The lowest BCUT2D eigenvalue weighted by Gasteiger charge is -2.65. The molecule has 1 saturated heterocycles. The number of nitrogens with zero attached hydrogens (tertiary/aromatic N) is 2. The minimum atomic E-state index is -4.82. The quantitative estimate of drug-likeness (QED) is 0.167. The lowest BCUT2D eigenvalue weighted by atomic mass is 9.48. The molecule has 5 atom stereocenters. The first-order valence-electron chi connectivity index (χ1n) is 17.5. The van der Waals surface area contributed by atoms with Crippen molar-refractivity contribution in [3.8, 4) is 11.5 Å². The Balaban J connectivity index is 1.24. The second-order valence-electron chi connectivity index (χ2n) is 14.5. The van der Waals surface area contributed by atoms with Crippen molar-refractivity contribution in [2.75, 3.05) is 19.6 Å². The van der Waals surface area contributed by atoms with E-state index in [1.165, 1.54) is 48.4 Å². The number of ether oxygens (including phenoxy) is 3. The molecule has 2 aliphatic carbocycles. The molecule has 0 radical (unpaired) electrons. The SMILES string of the molecule is CC(=O)O[C@@]12CCC(N(CC(C)C)C(=O)/C=C/c3cccc(OC(F)(F)F)c3)C3Oc4cccc5c4[C@@]31CCN(CCc1ccccc1)[C@@H]2C5. The molecule has 4 aliphatic rings. The Hall–Kier alpha value is -4.31. The number of amides is 1. The second-order valence-corrected chi connectivity index (χ2v) is 14.5. The molecule has 7 nitrogen and oxygen atoms in total. The first-order chi connectivity index (χ1) is 23.9. The highest BCUT2D eigenvalue weighted by Crippen LogP contribution is 2.65. The third-order valence-electron chi connectivity index (χ3n) is 11.0. The van der Waals surface area contributed by atoms with Crippen LogP contribution in [0.3, 0.4) is 0 Å². The van der Waals surface area contributed by atoms with Crippen molar-refractivity contribution in [1.29, 1.82) is 0 Å². The minimum Gasteiger partial charge on any atom is -0.487 e. The van der Waals surface area contributed by atoms with Gasteiger partial charge in [-0.25, -0.2) is 0 Å². The summed E-state index contributed by atoms with van der Waals surface area (Å²) >= 11 is 0. The van der Waals surface area contributed by atoms with E-state index in [1.807, 2.05) is 23.1 Å². The van der Waals surface area contributed by atoms with Crippen molar-refractivity contribution >= 4 is 18.0 Å². The zero-order chi connectivity index (χ0) is 35.3. The Labute approximate surface area is 291 Å². The normalized spacial score (nSPS) is 26.7. The van der Waals surface area contributed by atoms with Crippen molar-refractivity contribution in [3.05, 3.63) is 101 Å². The molecule has 264 valence electrons. The van der Waals surface area contributed by atoms with Crippen LogP contribution in [-0.4, -0.2) is 71.5 Å². The molecule has 3 aromatic rings. The fraction of sp³-hybridized carbons (Fsp3) is 0.450. The van der Waals surface area contributed by atoms with Crippen LogP contribution in [-0.2, 0) is 32.6 Å². The van der Waals surface area contributed by atoms with Gasteiger partial charge in [-0.15, -0.1) is 13.2 Å². The molecule has 1 spiro atoms. The van der Waals surface area contributed by atoms with Crippen molar-refractivity contribution in [2.45, 2.75) is 88.4 Å². The number of carbonyl (C=O) groups excluding carboxylic acids is 2. The predicted molar refractivity (Wildman–Crippen MR) is 183 cm³/mol. The Bertz CT molecular complexity index is 1780. The summed E-state index contributed by atoms with van der Waals surface area (Å²) in [5.41, 5.74) is 2.49. The molecule has 2 fully saturated rings. The number of piperidine rings is 1. The van der Waals surface area contributed by atoms with E-state index in [0.29, 0.717) is 31.4 Å². The van der Waals surface area contributed by atoms with Crippen molar-refractivity contribution in [2.24, 2.45) is 5.92 Å². The van der Waals surface area contributed by atoms with Crippen LogP contribution in [0.5, 0.6) is 11.5 Å². The molecule has 50 heavy (non-hydrogen) atoms. The zero-order valence-electron chi connectivity index (χ0n) is 28.6. The molecular weight excluding hydrogens is 645 g/mol. The summed E-state index contributed by atoms with van der Waals surface area (Å²) in [7, 11) is 0. The highest BCUT2D eigenvalue weighted by atomic mass is 19.4. The van der Waals surface area contributed by atoms with Crippen LogP contribution in [0.4, 0.5) is 13.2 Å². The number of halogens is 3. The molecule has 3 aromatic carbocycles. The molecule has 2 unspecified atom stereocenters. The fourth-order valence-electron chi connectivity index (χ4n) is 9.37. The number of alkyl halides is 3. The summed E-state index contributed by atoms with van der Waals surface area (Å²) in [5.74, 6) is -0.00384. The molecule has 1 saturated carbocycles. The number of hydrogen-bond donors (Lipinski definition) is 0. The van der Waals surface area contributed by atoms with Gasteiger partial charge in [0, 0.05) is 31.7 Å². The Morgan fingerprint density at radius 3 is 2.58 bits per heavy atom. The number of carbonyl (C=O) groups is 2. The van der Waals surface area contributed by atoms with E-state index in [0.717, 1.165) is 37.2 Å². The molecule has 2 bridgehead atoms. The first kappa shape index (κ1) is 34.2. The summed E-state index contributed by atoms with van der Waals surface area (Å²) in [6.07, 6.45) is 1.13.